The average Bonchev–Trinajstić information content (AvgIpc) is 3.48. The molecule has 2 N–H and O–H groups in total. The Kier molecular flexibility index (Phi) is 13.2. The first-order valence-electron chi connectivity index (χ1n) is 18.7. The Morgan fingerprint density at radius 1 is 0.912 bits per heavy atom. The van der Waals surface area contributed by atoms with Gasteiger partial charge in [-0.1, -0.05) is 53.5 Å². The first kappa shape index (κ1) is 43.1. The summed E-state index contributed by atoms with van der Waals surface area (Å²) in [5.74, 6) is -1.57. The zero-order chi connectivity index (χ0) is 41.2. The molecule has 2 atom stereocenters. The van der Waals surface area contributed by atoms with Gasteiger partial charge in [-0.3, -0.25) is 14.8 Å². The van der Waals surface area contributed by atoms with Crippen molar-refractivity contribution in [3.8, 4) is 0 Å². The van der Waals surface area contributed by atoms with Crippen molar-refractivity contribution in [2.45, 2.75) is 68.0 Å². The topological polar surface area (TPSA) is 103 Å². The van der Waals surface area contributed by atoms with E-state index in [0.717, 1.165) is 11.1 Å². The molecule has 3 aromatic rings. The zero-order valence-electron chi connectivity index (χ0n) is 30.9. The fraction of sp³-hybridized carbons (Fsp3) is 0.500. The predicted octanol–water partition coefficient (Wildman–Crippen LogP) is 7.75. The van der Waals surface area contributed by atoms with Gasteiger partial charge in [-0.25, -0.2) is 5.06 Å². The smallest absolute Gasteiger partial charge is 0.396 e. The molecule has 0 aromatic heterocycles. The Morgan fingerprint density at radius 3 is 2.25 bits per heavy atom. The number of piperidine rings is 1. The SMILES string of the molecule is O=C(CO[C@H]1Cc2ccccc2C12CCN(CC[C@@]1(c3ccc(Cl)c(Cl)c3)CN(C(=O)c3cc(C(F)(F)F)cc(C(F)(F)F)c3)CCO1)CC2)N(O)CCCCO. The minimum atomic E-state index is -5.12. The van der Waals surface area contributed by atoms with Gasteiger partial charge in [0.15, 0.2) is 0 Å². The molecule has 2 heterocycles. The average molecular weight is 847 g/mol. The first-order chi connectivity index (χ1) is 27.0. The van der Waals surface area contributed by atoms with Crippen LogP contribution in [0.4, 0.5) is 26.3 Å². The Balaban J connectivity index is 1.20. The van der Waals surface area contributed by atoms with E-state index in [9.17, 15) is 41.1 Å². The maximum Gasteiger partial charge on any atom is 0.416 e. The molecule has 0 saturated carbocycles. The number of aliphatic hydroxyl groups is 1. The Bertz CT molecular complexity index is 1890. The van der Waals surface area contributed by atoms with Crippen LogP contribution >= 0.6 is 23.2 Å². The summed E-state index contributed by atoms with van der Waals surface area (Å²) in [5.41, 5.74) is -2.75. The molecule has 17 heteroatoms. The van der Waals surface area contributed by atoms with Gasteiger partial charge in [0, 0.05) is 37.2 Å². The van der Waals surface area contributed by atoms with Crippen LogP contribution < -0.4 is 0 Å². The number of benzene rings is 3. The molecule has 2 fully saturated rings. The van der Waals surface area contributed by atoms with Gasteiger partial charge in [-0.15, -0.1) is 0 Å². The fourth-order valence-corrected chi connectivity index (χ4v) is 8.59. The first-order valence-corrected chi connectivity index (χ1v) is 19.4. The Morgan fingerprint density at radius 2 is 1.60 bits per heavy atom. The lowest BCUT2D eigenvalue weighted by atomic mass is 9.72. The van der Waals surface area contributed by atoms with Crippen molar-refractivity contribution in [2.24, 2.45) is 0 Å². The maximum atomic E-state index is 13.8. The summed E-state index contributed by atoms with van der Waals surface area (Å²) in [6.45, 7) is 1.08. The number of likely N-dealkylation sites (tertiary alicyclic amines) is 1. The highest BCUT2D eigenvalue weighted by atomic mass is 35.5. The molecular formula is C40H43Cl2F6N3O6. The van der Waals surface area contributed by atoms with Gasteiger partial charge in [-0.05, 0) is 98.6 Å². The van der Waals surface area contributed by atoms with Crippen molar-refractivity contribution in [3.63, 3.8) is 0 Å². The van der Waals surface area contributed by atoms with Crippen LogP contribution in [-0.2, 0) is 44.1 Å². The second-order valence-corrected chi connectivity index (χ2v) is 15.7. The van der Waals surface area contributed by atoms with Crippen LogP contribution in [0.1, 0.15) is 70.3 Å². The molecular weight excluding hydrogens is 803 g/mol. The summed E-state index contributed by atoms with van der Waals surface area (Å²) in [6.07, 6.45) is -7.46. The number of ether oxygens (including phenoxy) is 2. The van der Waals surface area contributed by atoms with Crippen molar-refractivity contribution < 1.29 is 55.7 Å². The van der Waals surface area contributed by atoms with Crippen molar-refractivity contribution >= 4 is 35.0 Å². The molecule has 2 amide bonds. The molecule has 57 heavy (non-hydrogen) atoms. The van der Waals surface area contributed by atoms with Crippen LogP contribution in [0.3, 0.4) is 0 Å². The number of halogens is 8. The van der Waals surface area contributed by atoms with Crippen LogP contribution in [0.2, 0.25) is 10.0 Å². The number of nitrogens with zero attached hydrogens (tertiary/aromatic N) is 3. The standard InChI is InChI=1S/C40H43Cl2F6N3O6/c41-32-8-7-28(23-33(32)42)38(25-50(16-18-57-38)36(54)27-19-29(39(43,44)45)22-30(20-27)40(46,47)48)11-15-49-13-9-37(10-14-49)31-6-2-1-5-26(31)21-34(37)56-24-35(53)51(55)12-3-4-17-52/h1-2,5-8,19-20,22-23,34,52,55H,3-4,9-18,21,24-25H2/t34-,38-/m0/s1. The van der Waals surface area contributed by atoms with Gasteiger partial charge in [-0.2, -0.15) is 26.3 Å². The third-order valence-corrected chi connectivity index (χ3v) is 12.1. The molecule has 0 bridgehead atoms. The van der Waals surface area contributed by atoms with Crippen LogP contribution in [0.25, 0.3) is 0 Å². The molecule has 310 valence electrons. The summed E-state index contributed by atoms with van der Waals surface area (Å²) in [4.78, 5) is 29.9. The maximum absolute atomic E-state index is 13.8. The van der Waals surface area contributed by atoms with Gasteiger partial charge in [0.1, 0.15) is 12.2 Å². The lowest BCUT2D eigenvalue weighted by Gasteiger charge is -2.46. The van der Waals surface area contributed by atoms with Crippen molar-refractivity contribution in [1.82, 2.24) is 14.9 Å². The van der Waals surface area contributed by atoms with E-state index in [0.29, 0.717) is 74.5 Å². The third kappa shape index (κ3) is 9.56. The van der Waals surface area contributed by atoms with E-state index in [4.69, 9.17) is 37.8 Å². The van der Waals surface area contributed by atoms with Crippen LogP contribution in [0, 0.1) is 0 Å². The summed E-state index contributed by atoms with van der Waals surface area (Å²) in [6, 6.07) is 13.7. The number of unbranched alkanes of at least 4 members (excludes halogenated alkanes) is 1. The highest BCUT2D eigenvalue weighted by molar-refractivity contribution is 6.42. The highest BCUT2D eigenvalue weighted by Crippen LogP contribution is 2.48. The number of hydroxylamine groups is 2. The number of hydrogen-bond donors (Lipinski definition) is 2. The number of morpholine rings is 1. The molecule has 1 spiro atoms. The highest BCUT2D eigenvalue weighted by Gasteiger charge is 2.50. The molecule has 3 aliphatic rings. The van der Waals surface area contributed by atoms with E-state index in [2.05, 4.69) is 11.0 Å². The monoisotopic (exact) mass is 845 g/mol. The largest absolute Gasteiger partial charge is 0.416 e. The normalized spacial score (nSPS) is 21.2. The summed E-state index contributed by atoms with van der Waals surface area (Å²) < 4.78 is 94.8. The van der Waals surface area contributed by atoms with Crippen molar-refractivity contribution in [3.05, 3.63) is 104 Å². The third-order valence-electron chi connectivity index (χ3n) is 11.4. The Labute approximate surface area is 336 Å². The molecule has 6 rings (SSSR count). The molecule has 1 aliphatic carbocycles. The number of fused-ring (bicyclic) bond motifs is 2. The number of carbonyl (C=O) groups excluding carboxylic acids is 2. The number of carbonyl (C=O) groups is 2. The van der Waals surface area contributed by atoms with Gasteiger partial charge in [0.25, 0.3) is 11.8 Å². The predicted molar refractivity (Wildman–Crippen MR) is 198 cm³/mol. The van der Waals surface area contributed by atoms with Crippen LogP contribution in [0.5, 0.6) is 0 Å². The summed E-state index contributed by atoms with van der Waals surface area (Å²) in [5, 5.41) is 20.3. The number of amides is 2. The summed E-state index contributed by atoms with van der Waals surface area (Å²) in [7, 11) is 0. The van der Waals surface area contributed by atoms with Gasteiger partial charge in [0.05, 0.1) is 40.4 Å². The van der Waals surface area contributed by atoms with E-state index in [-0.39, 0.29) is 68.1 Å². The number of aliphatic hydroxyl groups excluding tert-OH is 1. The quantitative estimate of drug-likeness (QED) is 0.0833. The molecule has 0 radical (unpaired) electrons. The lowest BCUT2D eigenvalue weighted by Crippen LogP contribution is -2.54. The van der Waals surface area contributed by atoms with E-state index in [1.165, 1.54) is 4.90 Å². The van der Waals surface area contributed by atoms with E-state index in [1.807, 2.05) is 18.2 Å². The van der Waals surface area contributed by atoms with Gasteiger partial charge >= 0.3 is 12.4 Å². The minimum Gasteiger partial charge on any atom is -0.396 e. The van der Waals surface area contributed by atoms with E-state index < -0.39 is 51.9 Å². The second-order valence-electron chi connectivity index (χ2n) is 14.8. The molecule has 0 unspecified atom stereocenters. The second kappa shape index (κ2) is 17.4. The number of hydrogen-bond acceptors (Lipinski definition) is 7. The zero-order valence-corrected chi connectivity index (χ0v) is 32.4. The summed E-state index contributed by atoms with van der Waals surface area (Å²) >= 11 is 12.7. The van der Waals surface area contributed by atoms with Crippen molar-refractivity contribution in [1.29, 1.82) is 0 Å². The van der Waals surface area contributed by atoms with Crippen LogP contribution in [-0.4, -0.2) is 102 Å². The van der Waals surface area contributed by atoms with E-state index in [1.54, 1.807) is 18.2 Å². The number of rotatable bonds is 12. The number of alkyl halides is 6. The van der Waals surface area contributed by atoms with Crippen molar-refractivity contribution in [2.75, 3.05) is 59.1 Å². The van der Waals surface area contributed by atoms with Gasteiger partial charge < -0.3 is 24.4 Å². The molecule has 2 aliphatic heterocycles. The Hall–Kier alpha value is -3.44. The molecule has 3 aromatic carbocycles. The fourth-order valence-electron chi connectivity index (χ4n) is 8.29. The molecule has 9 nitrogen and oxygen atoms in total. The minimum absolute atomic E-state index is 0.0119. The lowest BCUT2D eigenvalue weighted by molar-refractivity contribution is -0.174. The van der Waals surface area contributed by atoms with Crippen LogP contribution in [0.15, 0.2) is 60.7 Å². The van der Waals surface area contributed by atoms with Gasteiger partial charge in [0.2, 0.25) is 0 Å². The van der Waals surface area contributed by atoms with E-state index >= 15 is 0 Å². The molecule has 2 saturated heterocycles.